The van der Waals surface area contributed by atoms with Gasteiger partial charge in [-0.05, 0) is 26.3 Å². The summed E-state index contributed by atoms with van der Waals surface area (Å²) >= 11 is 0. The number of carbonyl (C=O) groups is 1. The van der Waals surface area contributed by atoms with E-state index in [1.54, 1.807) is 13.0 Å². The van der Waals surface area contributed by atoms with Crippen molar-refractivity contribution in [1.29, 1.82) is 0 Å². The molecule has 0 spiro atoms. The lowest BCUT2D eigenvalue weighted by atomic mass is 10.3. The van der Waals surface area contributed by atoms with Gasteiger partial charge in [0.05, 0.1) is 0 Å². The fraction of sp³-hybridized carbons (Fsp3) is 0.375. The lowest BCUT2D eigenvalue weighted by Gasteiger charge is -1.77. The summed E-state index contributed by atoms with van der Waals surface area (Å²) < 4.78 is 0. The van der Waals surface area contributed by atoms with E-state index in [1.165, 1.54) is 0 Å². The van der Waals surface area contributed by atoms with Crippen LogP contribution in [-0.2, 0) is 4.79 Å². The van der Waals surface area contributed by atoms with E-state index in [9.17, 15) is 4.79 Å². The molecule has 0 rings (SSSR count). The Bertz CT molecular complexity index is 132. The lowest BCUT2D eigenvalue weighted by Crippen LogP contribution is -1.77. The molecule has 0 fully saturated rings. The highest BCUT2D eigenvalue weighted by molar-refractivity contribution is 5.87. The zero-order chi connectivity index (χ0) is 7.11. The van der Waals surface area contributed by atoms with Crippen molar-refractivity contribution >= 4 is 5.78 Å². The third-order valence-corrected chi connectivity index (χ3v) is 0.860. The second-order valence-electron chi connectivity index (χ2n) is 1.82. The molecule has 0 heterocycles. The van der Waals surface area contributed by atoms with Gasteiger partial charge >= 0.3 is 0 Å². The van der Waals surface area contributed by atoms with Crippen LogP contribution in [0.2, 0.25) is 0 Å². The highest BCUT2D eigenvalue weighted by Gasteiger charge is 1.77. The quantitative estimate of drug-likeness (QED) is 0.416. The lowest BCUT2D eigenvalue weighted by molar-refractivity contribution is -0.112. The third kappa shape index (κ3) is 7.15. The minimum atomic E-state index is 0.111. The molecule has 0 aliphatic heterocycles. The van der Waals surface area contributed by atoms with E-state index in [0.29, 0.717) is 0 Å². The summed E-state index contributed by atoms with van der Waals surface area (Å²) in [6.45, 7) is 3.51. The molecule has 0 aromatic carbocycles. The molecule has 0 atom stereocenters. The van der Waals surface area contributed by atoms with Gasteiger partial charge in [-0.25, -0.2) is 0 Å². The standard InChI is InChI=1S/C8H12O/c1-3-4-5-6-7-8(2)9/h3-4,6-7H,5H2,1-2H3/b4-3+,7-6+. The molecule has 0 radical (unpaired) electrons. The van der Waals surface area contributed by atoms with Crippen molar-refractivity contribution in [3.8, 4) is 0 Å². The molecular formula is C8H12O. The van der Waals surface area contributed by atoms with Gasteiger partial charge in [0.1, 0.15) is 0 Å². The zero-order valence-corrected chi connectivity index (χ0v) is 5.92. The average Bonchev–Trinajstić information content (AvgIpc) is 1.80. The van der Waals surface area contributed by atoms with Crippen molar-refractivity contribution in [3.05, 3.63) is 24.3 Å². The number of ketones is 1. The van der Waals surface area contributed by atoms with E-state index in [-0.39, 0.29) is 5.78 Å². The molecule has 0 aromatic rings. The molecule has 9 heavy (non-hydrogen) atoms. The van der Waals surface area contributed by atoms with Crippen LogP contribution in [0.1, 0.15) is 20.3 Å². The molecule has 0 saturated heterocycles. The van der Waals surface area contributed by atoms with Crippen LogP contribution in [0.3, 0.4) is 0 Å². The highest BCUT2D eigenvalue weighted by Crippen LogP contribution is 1.85. The summed E-state index contributed by atoms with van der Waals surface area (Å²) in [5, 5.41) is 0. The van der Waals surface area contributed by atoms with Gasteiger partial charge in [0.25, 0.3) is 0 Å². The molecule has 0 N–H and O–H groups in total. The van der Waals surface area contributed by atoms with Gasteiger partial charge in [-0.2, -0.15) is 0 Å². The van der Waals surface area contributed by atoms with Gasteiger partial charge in [-0.15, -0.1) is 0 Å². The van der Waals surface area contributed by atoms with E-state index in [2.05, 4.69) is 0 Å². The molecule has 0 aliphatic rings. The fourth-order valence-electron chi connectivity index (χ4n) is 0.449. The van der Waals surface area contributed by atoms with Crippen molar-refractivity contribution in [2.75, 3.05) is 0 Å². The Morgan fingerprint density at radius 3 is 2.56 bits per heavy atom. The summed E-state index contributed by atoms with van der Waals surface area (Å²) in [5.41, 5.74) is 0. The predicted octanol–water partition coefficient (Wildman–Crippen LogP) is 2.10. The summed E-state index contributed by atoms with van der Waals surface area (Å²) in [4.78, 5) is 10.3. The van der Waals surface area contributed by atoms with E-state index >= 15 is 0 Å². The normalized spacial score (nSPS) is 11.3. The van der Waals surface area contributed by atoms with Crippen LogP contribution in [-0.4, -0.2) is 5.78 Å². The van der Waals surface area contributed by atoms with Gasteiger partial charge in [0, 0.05) is 0 Å². The molecule has 1 heteroatoms. The van der Waals surface area contributed by atoms with Gasteiger partial charge in [-0.1, -0.05) is 18.2 Å². The van der Waals surface area contributed by atoms with E-state index in [1.807, 2.05) is 25.2 Å². The molecule has 50 valence electrons. The number of carbonyl (C=O) groups excluding carboxylic acids is 1. The largest absolute Gasteiger partial charge is 0.295 e. The topological polar surface area (TPSA) is 17.1 Å². The van der Waals surface area contributed by atoms with Gasteiger partial charge in [0.2, 0.25) is 0 Å². The summed E-state index contributed by atoms with van der Waals surface area (Å²) in [7, 11) is 0. The molecule has 0 aromatic heterocycles. The molecule has 0 bridgehead atoms. The average molecular weight is 124 g/mol. The van der Waals surface area contributed by atoms with Crippen molar-refractivity contribution < 1.29 is 4.79 Å². The third-order valence-electron chi connectivity index (χ3n) is 0.860. The van der Waals surface area contributed by atoms with Crippen molar-refractivity contribution in [3.63, 3.8) is 0 Å². The number of allylic oxidation sites excluding steroid dienone is 4. The van der Waals surface area contributed by atoms with Crippen molar-refractivity contribution in [1.82, 2.24) is 0 Å². The number of hydrogen-bond acceptors (Lipinski definition) is 1. The first-order valence-corrected chi connectivity index (χ1v) is 3.05. The van der Waals surface area contributed by atoms with Crippen LogP contribution >= 0.6 is 0 Å². The zero-order valence-electron chi connectivity index (χ0n) is 5.92. The van der Waals surface area contributed by atoms with Crippen LogP contribution in [0.5, 0.6) is 0 Å². The first-order valence-electron chi connectivity index (χ1n) is 3.05. The minimum absolute atomic E-state index is 0.111. The van der Waals surface area contributed by atoms with E-state index in [0.717, 1.165) is 6.42 Å². The van der Waals surface area contributed by atoms with Crippen LogP contribution in [0, 0.1) is 0 Å². The Labute approximate surface area is 56.1 Å². The van der Waals surface area contributed by atoms with Gasteiger partial charge in [0.15, 0.2) is 5.78 Å². The van der Waals surface area contributed by atoms with Crippen molar-refractivity contribution in [2.24, 2.45) is 0 Å². The maximum atomic E-state index is 10.3. The summed E-state index contributed by atoms with van der Waals surface area (Å²) in [6.07, 6.45) is 8.25. The molecule has 0 amide bonds. The van der Waals surface area contributed by atoms with Gasteiger partial charge in [-0.3, -0.25) is 4.79 Å². The fourth-order valence-corrected chi connectivity index (χ4v) is 0.449. The van der Waals surface area contributed by atoms with Crippen LogP contribution in [0.15, 0.2) is 24.3 Å². The maximum absolute atomic E-state index is 10.3. The minimum Gasteiger partial charge on any atom is -0.295 e. The second kappa shape index (κ2) is 5.29. The molecular weight excluding hydrogens is 112 g/mol. The Morgan fingerprint density at radius 1 is 1.44 bits per heavy atom. The predicted molar refractivity (Wildman–Crippen MR) is 39.3 cm³/mol. The summed E-state index contributed by atoms with van der Waals surface area (Å²) in [5.74, 6) is 0.111. The molecule has 1 nitrogen and oxygen atoms in total. The monoisotopic (exact) mass is 124 g/mol. The SMILES string of the molecule is C/C=C/C/C=C/C(C)=O. The van der Waals surface area contributed by atoms with Crippen molar-refractivity contribution in [2.45, 2.75) is 20.3 Å². The Morgan fingerprint density at radius 2 is 2.11 bits per heavy atom. The van der Waals surface area contributed by atoms with E-state index < -0.39 is 0 Å². The molecule has 0 unspecified atom stereocenters. The van der Waals surface area contributed by atoms with Crippen LogP contribution < -0.4 is 0 Å². The van der Waals surface area contributed by atoms with E-state index in [4.69, 9.17) is 0 Å². The van der Waals surface area contributed by atoms with Crippen LogP contribution in [0.4, 0.5) is 0 Å². The Hall–Kier alpha value is -0.850. The molecule has 0 aliphatic carbocycles. The molecule has 0 saturated carbocycles. The number of hydrogen-bond donors (Lipinski definition) is 0. The number of rotatable bonds is 3. The smallest absolute Gasteiger partial charge is 0.152 e. The maximum Gasteiger partial charge on any atom is 0.152 e. The van der Waals surface area contributed by atoms with Crippen LogP contribution in [0.25, 0.3) is 0 Å². The highest BCUT2D eigenvalue weighted by atomic mass is 16.1. The first-order chi connectivity index (χ1) is 4.27. The first kappa shape index (κ1) is 8.15. The Balaban J connectivity index is 3.36. The Kier molecular flexibility index (Phi) is 4.79. The van der Waals surface area contributed by atoms with Gasteiger partial charge < -0.3 is 0 Å². The summed E-state index contributed by atoms with van der Waals surface area (Å²) in [6, 6.07) is 0. The second-order valence-corrected chi connectivity index (χ2v) is 1.82.